The van der Waals surface area contributed by atoms with Gasteiger partial charge in [-0.05, 0) is 0 Å². The van der Waals surface area contributed by atoms with Crippen LogP contribution in [0.15, 0.2) is 0 Å². The molecule has 0 unspecified atom stereocenters. The molecule has 0 aromatic carbocycles. The summed E-state index contributed by atoms with van der Waals surface area (Å²) in [5.41, 5.74) is 5.49. The van der Waals surface area contributed by atoms with Crippen LogP contribution in [0.4, 0.5) is 0 Å². The largest absolute Gasteiger partial charge is 0.388 e. The van der Waals surface area contributed by atoms with E-state index in [0.717, 1.165) is 0 Å². The average Bonchev–Trinajstić information content (AvgIpc) is 2.36. The SMILES string of the molecule is N[C@H]1[C@@H]2OOOC[C@@H](O2)[C@@H](O)[C@@H]1O. The first-order valence-electron chi connectivity index (χ1n) is 3.92. The third kappa shape index (κ3) is 1.55. The van der Waals surface area contributed by atoms with Crippen molar-refractivity contribution >= 4 is 0 Å². The summed E-state index contributed by atoms with van der Waals surface area (Å²) in [6.45, 7) is -0.0125. The van der Waals surface area contributed by atoms with Crippen LogP contribution in [0.5, 0.6) is 0 Å². The Bertz CT molecular complexity index is 168. The summed E-state index contributed by atoms with van der Waals surface area (Å²) in [6, 6.07) is -0.854. The Kier molecular flexibility index (Phi) is 2.47. The van der Waals surface area contributed by atoms with Gasteiger partial charge in [0.15, 0.2) is 0 Å². The van der Waals surface area contributed by atoms with Gasteiger partial charge in [-0.25, -0.2) is 4.89 Å². The number of aliphatic hydroxyl groups is 2. The van der Waals surface area contributed by atoms with E-state index >= 15 is 0 Å². The van der Waals surface area contributed by atoms with Gasteiger partial charge in [0.05, 0.1) is 6.04 Å². The Labute approximate surface area is 73.8 Å². The van der Waals surface area contributed by atoms with Gasteiger partial charge in [-0.1, -0.05) is 5.04 Å². The smallest absolute Gasteiger partial charge is 0.212 e. The first-order chi connectivity index (χ1) is 6.20. The van der Waals surface area contributed by atoms with Gasteiger partial charge in [-0.2, -0.15) is 4.89 Å². The molecule has 0 amide bonds. The molecule has 2 aliphatic heterocycles. The van der Waals surface area contributed by atoms with Crippen LogP contribution in [0.1, 0.15) is 0 Å². The van der Waals surface area contributed by atoms with Crippen LogP contribution in [0.3, 0.4) is 0 Å². The predicted octanol–water partition coefficient (Wildman–Crippen LogP) is -2.35. The van der Waals surface area contributed by atoms with E-state index in [2.05, 4.69) is 14.8 Å². The highest BCUT2D eigenvalue weighted by Gasteiger charge is 2.45. The van der Waals surface area contributed by atoms with Crippen molar-refractivity contribution in [3.8, 4) is 0 Å². The minimum Gasteiger partial charge on any atom is -0.388 e. The van der Waals surface area contributed by atoms with Gasteiger partial charge in [0.2, 0.25) is 6.29 Å². The number of hydrogen-bond acceptors (Lipinski definition) is 7. The summed E-state index contributed by atoms with van der Waals surface area (Å²) in [5.74, 6) is 0. The van der Waals surface area contributed by atoms with E-state index in [1.54, 1.807) is 0 Å². The fraction of sp³-hybridized carbons (Fsp3) is 1.00. The quantitative estimate of drug-likeness (QED) is 0.370. The Morgan fingerprint density at radius 1 is 1.23 bits per heavy atom. The highest BCUT2D eigenvalue weighted by molar-refractivity contribution is 4.91. The van der Waals surface area contributed by atoms with E-state index in [9.17, 15) is 10.2 Å². The molecule has 2 heterocycles. The lowest BCUT2D eigenvalue weighted by atomic mass is 9.98. The van der Waals surface area contributed by atoms with Crippen LogP contribution < -0.4 is 5.73 Å². The van der Waals surface area contributed by atoms with Gasteiger partial charge in [0.25, 0.3) is 0 Å². The molecule has 2 aliphatic rings. The van der Waals surface area contributed by atoms with E-state index in [1.165, 1.54) is 0 Å². The summed E-state index contributed by atoms with van der Waals surface area (Å²) in [4.78, 5) is 9.07. The van der Waals surface area contributed by atoms with Gasteiger partial charge in [0, 0.05) is 0 Å². The monoisotopic (exact) mass is 193 g/mol. The van der Waals surface area contributed by atoms with E-state index < -0.39 is 30.6 Å². The number of nitrogens with two attached hydrogens (primary N) is 1. The maximum atomic E-state index is 9.44. The Morgan fingerprint density at radius 2 is 2.00 bits per heavy atom. The zero-order chi connectivity index (χ0) is 9.42. The predicted molar refractivity (Wildman–Crippen MR) is 36.8 cm³/mol. The zero-order valence-corrected chi connectivity index (χ0v) is 6.70. The number of hydrogen-bond donors (Lipinski definition) is 3. The van der Waals surface area contributed by atoms with Crippen molar-refractivity contribution < 1.29 is 29.8 Å². The maximum absolute atomic E-state index is 9.44. The summed E-state index contributed by atoms with van der Waals surface area (Å²) in [5, 5.41) is 23.1. The summed E-state index contributed by atoms with van der Waals surface area (Å²) < 4.78 is 5.13. The van der Waals surface area contributed by atoms with Crippen LogP contribution in [-0.2, 0) is 19.6 Å². The highest BCUT2D eigenvalue weighted by Crippen LogP contribution is 2.23. The first kappa shape index (κ1) is 9.28. The van der Waals surface area contributed by atoms with E-state index in [0.29, 0.717) is 0 Å². The van der Waals surface area contributed by atoms with Crippen LogP contribution in [-0.4, -0.2) is 47.5 Å². The van der Waals surface area contributed by atoms with E-state index in [4.69, 9.17) is 10.5 Å². The number of fused-ring (bicyclic) bond motifs is 2. The molecule has 7 heteroatoms. The molecule has 2 rings (SSSR count). The summed E-state index contributed by atoms with van der Waals surface area (Å²) >= 11 is 0. The third-order valence-electron chi connectivity index (χ3n) is 2.16. The highest BCUT2D eigenvalue weighted by atomic mass is 17.5. The minimum atomic E-state index is -1.10. The molecule has 7 nitrogen and oxygen atoms in total. The molecule has 0 saturated carbocycles. The van der Waals surface area contributed by atoms with E-state index in [1.807, 2.05) is 0 Å². The molecule has 5 atom stereocenters. The van der Waals surface area contributed by atoms with Crippen LogP contribution >= 0.6 is 0 Å². The summed E-state index contributed by atoms with van der Waals surface area (Å²) in [6.07, 6.45) is -3.78. The van der Waals surface area contributed by atoms with Gasteiger partial charge in [0.1, 0.15) is 24.9 Å². The third-order valence-corrected chi connectivity index (χ3v) is 2.16. The van der Waals surface area contributed by atoms with Crippen molar-refractivity contribution in [1.29, 1.82) is 0 Å². The first-order valence-corrected chi connectivity index (χ1v) is 3.92. The zero-order valence-electron chi connectivity index (χ0n) is 6.70. The average molecular weight is 193 g/mol. The summed E-state index contributed by atoms with van der Waals surface area (Å²) in [7, 11) is 0. The second-order valence-electron chi connectivity index (χ2n) is 3.05. The molecule has 13 heavy (non-hydrogen) atoms. The van der Waals surface area contributed by atoms with Gasteiger partial charge < -0.3 is 20.7 Å². The van der Waals surface area contributed by atoms with Crippen molar-refractivity contribution in [1.82, 2.24) is 0 Å². The normalized spacial score (nSPS) is 51.5. The Morgan fingerprint density at radius 3 is 2.77 bits per heavy atom. The molecular formula is C6H11NO6. The lowest BCUT2D eigenvalue weighted by molar-refractivity contribution is -0.531. The molecule has 2 bridgehead atoms. The number of rotatable bonds is 0. The van der Waals surface area contributed by atoms with Gasteiger partial charge >= 0.3 is 0 Å². The van der Waals surface area contributed by atoms with Crippen molar-refractivity contribution in [2.24, 2.45) is 5.73 Å². The molecule has 2 saturated heterocycles. The molecule has 0 spiro atoms. The van der Waals surface area contributed by atoms with Crippen LogP contribution in [0.2, 0.25) is 0 Å². The molecule has 0 aromatic heterocycles. The van der Waals surface area contributed by atoms with Crippen LogP contribution in [0, 0.1) is 0 Å². The topological polar surface area (TPSA) is 103 Å². The molecule has 0 radical (unpaired) electrons. The van der Waals surface area contributed by atoms with Crippen molar-refractivity contribution in [3.63, 3.8) is 0 Å². The molecule has 2 fully saturated rings. The second kappa shape index (κ2) is 3.46. The standard InChI is InChI=1S/C6H11NO6/c7-3-5(9)4(8)2-1-10-13-12-6(3)11-2/h2-6,8-9H,1,7H2/t2-,3-,4-,5-,6+/m1/s1. The molecule has 0 aromatic rings. The minimum absolute atomic E-state index is 0.0125. The lowest BCUT2D eigenvalue weighted by Crippen LogP contribution is -2.61. The number of aliphatic hydroxyl groups excluding tert-OH is 2. The molecular weight excluding hydrogens is 182 g/mol. The molecule has 0 aliphatic carbocycles. The lowest BCUT2D eigenvalue weighted by Gasteiger charge is -2.37. The Hall–Kier alpha value is -0.280. The fourth-order valence-electron chi connectivity index (χ4n) is 1.34. The van der Waals surface area contributed by atoms with Crippen LogP contribution in [0.25, 0.3) is 0 Å². The Balaban J connectivity index is 2.14. The van der Waals surface area contributed by atoms with Gasteiger partial charge in [-0.15, -0.1) is 0 Å². The van der Waals surface area contributed by atoms with Crippen molar-refractivity contribution in [3.05, 3.63) is 0 Å². The van der Waals surface area contributed by atoms with Crippen molar-refractivity contribution in [2.45, 2.75) is 30.6 Å². The second-order valence-corrected chi connectivity index (χ2v) is 3.05. The van der Waals surface area contributed by atoms with Crippen molar-refractivity contribution in [2.75, 3.05) is 6.61 Å². The number of ether oxygens (including phenoxy) is 1. The molecule has 4 N–H and O–H groups in total. The van der Waals surface area contributed by atoms with Gasteiger partial charge in [-0.3, -0.25) is 0 Å². The fourth-order valence-corrected chi connectivity index (χ4v) is 1.34. The molecule has 76 valence electrons. The maximum Gasteiger partial charge on any atom is 0.212 e. The van der Waals surface area contributed by atoms with E-state index in [-0.39, 0.29) is 6.61 Å².